The van der Waals surface area contributed by atoms with Crippen LogP contribution >= 0.6 is 11.3 Å². The van der Waals surface area contributed by atoms with Crippen LogP contribution < -0.4 is 10.6 Å². The van der Waals surface area contributed by atoms with Gasteiger partial charge in [0.05, 0.1) is 11.2 Å². The number of hydrogen-bond donors (Lipinski definition) is 4. The molecule has 1 aromatic carbocycles. The second-order valence-corrected chi connectivity index (χ2v) is 9.69. The van der Waals surface area contributed by atoms with Crippen LogP contribution in [0.5, 0.6) is 0 Å². The number of H-pyrrole nitrogens is 1. The van der Waals surface area contributed by atoms with Gasteiger partial charge >= 0.3 is 5.97 Å². The van der Waals surface area contributed by atoms with Gasteiger partial charge in [-0.25, -0.2) is 32.9 Å². The molecule has 1 aliphatic carbocycles. The van der Waals surface area contributed by atoms with E-state index in [2.05, 4.69) is 30.6 Å². The van der Waals surface area contributed by atoms with Crippen molar-refractivity contribution in [1.82, 2.24) is 25.3 Å². The van der Waals surface area contributed by atoms with Crippen LogP contribution in [0.2, 0.25) is 0 Å². The minimum atomic E-state index is -1.20. The number of aromatic carboxylic acids is 1. The zero-order valence-electron chi connectivity index (χ0n) is 19.4. The number of fused-ring (bicyclic) bond motifs is 1. The molecule has 0 spiro atoms. The molecule has 1 saturated carbocycles. The third kappa shape index (κ3) is 4.99. The van der Waals surface area contributed by atoms with E-state index in [-0.39, 0.29) is 51.0 Å². The number of carboxylic acid groups (broad SMARTS) is 1. The zero-order chi connectivity index (χ0) is 26.3. The summed E-state index contributed by atoms with van der Waals surface area (Å²) in [6, 6.07) is 1.47. The number of halogens is 3. The number of hydrogen-bond acceptors (Lipinski definition) is 7. The van der Waals surface area contributed by atoms with Crippen molar-refractivity contribution >= 4 is 39.9 Å². The SMILES string of the molecule is Cc1nc(-c2c[nH]c3c(F)cc(F)cc23)nc(NC2CCCC(NC(=O)c3csc(C(=O)O)n3)C2)c1F. The number of amides is 1. The maximum atomic E-state index is 15.0. The molecule has 3 aromatic heterocycles. The summed E-state index contributed by atoms with van der Waals surface area (Å²) in [5.41, 5.74) is 0.526. The van der Waals surface area contributed by atoms with Gasteiger partial charge in [-0.3, -0.25) is 4.79 Å². The molecule has 1 aliphatic rings. The standard InChI is InChI=1S/C24H21F3N6O3S/c1-10-18(27)21(33-20(29-10)15-8-28-19-14(15)5-11(25)6-16(19)26)30-12-3-2-4-13(7-12)31-22(34)17-9-37-23(32-17)24(35)36/h5-6,8-9,12-13,28H,2-4,7H2,1H3,(H,31,34)(H,35,36)(H,29,30,33). The summed E-state index contributed by atoms with van der Waals surface area (Å²) in [4.78, 5) is 38.6. The van der Waals surface area contributed by atoms with Crippen LogP contribution in [0.4, 0.5) is 19.0 Å². The molecule has 2 unspecified atom stereocenters. The van der Waals surface area contributed by atoms with Gasteiger partial charge in [-0.1, -0.05) is 0 Å². The topological polar surface area (TPSA) is 133 Å². The molecular formula is C24H21F3N6O3S. The Morgan fingerprint density at radius 2 is 1.92 bits per heavy atom. The quantitative estimate of drug-likeness (QED) is 0.285. The van der Waals surface area contributed by atoms with Crippen molar-refractivity contribution in [3.05, 3.63) is 57.6 Å². The molecule has 13 heteroatoms. The van der Waals surface area contributed by atoms with Gasteiger partial charge < -0.3 is 20.7 Å². The Labute approximate surface area is 212 Å². The number of benzene rings is 1. The molecule has 9 nitrogen and oxygen atoms in total. The summed E-state index contributed by atoms with van der Waals surface area (Å²) >= 11 is 0.872. The minimum Gasteiger partial charge on any atom is -0.476 e. The molecule has 0 bridgehead atoms. The smallest absolute Gasteiger partial charge is 0.365 e. The summed E-state index contributed by atoms with van der Waals surface area (Å²) < 4.78 is 43.0. The van der Waals surface area contributed by atoms with Gasteiger partial charge in [-0.2, -0.15) is 0 Å². The molecule has 2 atom stereocenters. The maximum Gasteiger partial charge on any atom is 0.365 e. The fraction of sp³-hybridized carbons (Fsp3) is 0.292. The van der Waals surface area contributed by atoms with Crippen LogP contribution in [0.1, 0.15) is 51.7 Å². The van der Waals surface area contributed by atoms with Crippen LogP contribution in [0.3, 0.4) is 0 Å². The number of thiazole rings is 1. The fourth-order valence-electron chi connectivity index (χ4n) is 4.50. The number of carbonyl (C=O) groups excluding carboxylic acids is 1. The first-order valence-electron chi connectivity index (χ1n) is 11.5. The molecule has 1 amide bonds. The predicted molar refractivity (Wildman–Crippen MR) is 130 cm³/mol. The van der Waals surface area contributed by atoms with Crippen LogP contribution in [0.25, 0.3) is 22.3 Å². The third-order valence-corrected chi connectivity index (χ3v) is 7.06. The Bertz CT molecular complexity index is 1520. The van der Waals surface area contributed by atoms with E-state index >= 15 is 0 Å². The van der Waals surface area contributed by atoms with Crippen molar-refractivity contribution in [2.24, 2.45) is 0 Å². The molecular weight excluding hydrogens is 509 g/mol. The van der Waals surface area contributed by atoms with Crippen LogP contribution in [0.15, 0.2) is 23.7 Å². The van der Waals surface area contributed by atoms with Gasteiger partial charge in [0, 0.05) is 40.7 Å². The van der Waals surface area contributed by atoms with E-state index in [0.717, 1.165) is 29.9 Å². The second kappa shape index (κ2) is 9.81. The molecule has 3 heterocycles. The molecule has 0 radical (unpaired) electrons. The zero-order valence-corrected chi connectivity index (χ0v) is 20.3. The number of nitrogens with zero attached hydrogens (tertiary/aromatic N) is 3. The summed E-state index contributed by atoms with van der Waals surface area (Å²) in [7, 11) is 0. The summed E-state index contributed by atoms with van der Waals surface area (Å²) in [5.74, 6) is -3.76. The Kier molecular flexibility index (Phi) is 6.54. The Hall–Kier alpha value is -4.00. The van der Waals surface area contributed by atoms with Crippen molar-refractivity contribution in [1.29, 1.82) is 0 Å². The first-order valence-corrected chi connectivity index (χ1v) is 12.3. The van der Waals surface area contributed by atoms with Crippen molar-refractivity contribution < 1.29 is 27.9 Å². The lowest BCUT2D eigenvalue weighted by Gasteiger charge is -2.30. The lowest BCUT2D eigenvalue weighted by Crippen LogP contribution is -2.42. The van der Waals surface area contributed by atoms with Gasteiger partial charge in [0.2, 0.25) is 5.01 Å². The van der Waals surface area contributed by atoms with Crippen molar-refractivity contribution in [2.45, 2.75) is 44.7 Å². The number of rotatable bonds is 6. The van der Waals surface area contributed by atoms with Crippen molar-refractivity contribution in [2.75, 3.05) is 5.32 Å². The average Bonchev–Trinajstić information content (AvgIpc) is 3.50. The summed E-state index contributed by atoms with van der Waals surface area (Å²) in [6.07, 6.45) is 4.07. The normalized spacial score (nSPS) is 17.6. The number of aromatic nitrogens is 4. The highest BCUT2D eigenvalue weighted by molar-refractivity contribution is 7.11. The van der Waals surface area contributed by atoms with Crippen LogP contribution in [0, 0.1) is 24.4 Å². The Balaban J connectivity index is 1.34. The molecule has 0 aliphatic heterocycles. The van der Waals surface area contributed by atoms with Crippen LogP contribution in [-0.4, -0.2) is 49.0 Å². The molecule has 4 aromatic rings. The van der Waals surface area contributed by atoms with Gasteiger partial charge in [-0.05, 0) is 38.7 Å². The molecule has 192 valence electrons. The van der Waals surface area contributed by atoms with E-state index in [1.165, 1.54) is 18.5 Å². The first-order chi connectivity index (χ1) is 17.7. The molecule has 37 heavy (non-hydrogen) atoms. The van der Waals surface area contributed by atoms with Gasteiger partial charge in [0.15, 0.2) is 17.5 Å². The van der Waals surface area contributed by atoms with Gasteiger partial charge in [0.25, 0.3) is 5.91 Å². The largest absolute Gasteiger partial charge is 0.476 e. The van der Waals surface area contributed by atoms with E-state index in [1.54, 1.807) is 0 Å². The summed E-state index contributed by atoms with van der Waals surface area (Å²) in [6.45, 7) is 1.48. The Morgan fingerprint density at radius 1 is 1.14 bits per heavy atom. The first kappa shape index (κ1) is 24.7. The van der Waals surface area contributed by atoms with E-state index < -0.39 is 29.3 Å². The fourth-order valence-corrected chi connectivity index (χ4v) is 5.13. The number of carboxylic acids is 1. The summed E-state index contributed by atoms with van der Waals surface area (Å²) in [5, 5.41) is 16.4. The minimum absolute atomic E-state index is 0.0335. The monoisotopic (exact) mass is 530 g/mol. The van der Waals surface area contributed by atoms with Crippen molar-refractivity contribution in [3.63, 3.8) is 0 Å². The highest BCUT2D eigenvalue weighted by Gasteiger charge is 2.27. The average molecular weight is 531 g/mol. The lowest BCUT2D eigenvalue weighted by molar-refractivity contribution is 0.0696. The molecule has 0 saturated heterocycles. The second-order valence-electron chi connectivity index (χ2n) is 8.83. The number of carbonyl (C=O) groups is 2. The van der Waals surface area contributed by atoms with E-state index in [9.17, 15) is 22.8 Å². The number of aromatic amines is 1. The van der Waals surface area contributed by atoms with E-state index in [1.807, 2.05) is 0 Å². The molecule has 1 fully saturated rings. The van der Waals surface area contributed by atoms with Crippen molar-refractivity contribution in [3.8, 4) is 11.4 Å². The predicted octanol–water partition coefficient (Wildman–Crippen LogP) is 4.66. The maximum absolute atomic E-state index is 15.0. The van der Waals surface area contributed by atoms with E-state index in [4.69, 9.17) is 5.11 Å². The van der Waals surface area contributed by atoms with E-state index in [0.29, 0.717) is 24.8 Å². The number of anilines is 1. The third-order valence-electron chi connectivity index (χ3n) is 6.23. The molecule has 5 rings (SSSR count). The lowest BCUT2D eigenvalue weighted by atomic mass is 9.91. The van der Waals surface area contributed by atoms with Crippen LogP contribution in [-0.2, 0) is 0 Å². The van der Waals surface area contributed by atoms with Gasteiger partial charge in [-0.15, -0.1) is 11.3 Å². The molecule has 4 N–H and O–H groups in total. The number of aryl methyl sites for hydroxylation is 1. The highest BCUT2D eigenvalue weighted by Crippen LogP contribution is 2.31. The highest BCUT2D eigenvalue weighted by atomic mass is 32.1. The number of nitrogens with one attached hydrogen (secondary N) is 3. The Morgan fingerprint density at radius 3 is 2.68 bits per heavy atom. The van der Waals surface area contributed by atoms with Gasteiger partial charge in [0.1, 0.15) is 17.3 Å².